The van der Waals surface area contributed by atoms with Crippen molar-refractivity contribution in [3.05, 3.63) is 88.2 Å². The van der Waals surface area contributed by atoms with E-state index in [0.717, 1.165) is 43.6 Å². The third-order valence-electron chi connectivity index (χ3n) is 8.26. The second-order valence-corrected chi connectivity index (χ2v) is 11.9. The topological polar surface area (TPSA) is 38.1 Å². The van der Waals surface area contributed by atoms with Gasteiger partial charge in [0.1, 0.15) is 0 Å². The Morgan fingerprint density at radius 3 is 2.22 bits per heavy atom. The fraction of sp³-hybridized carbons (Fsp3) is 0.438. The summed E-state index contributed by atoms with van der Waals surface area (Å²) < 4.78 is 2.00. The number of nitrogens with zero attached hydrogens (tertiary/aromatic N) is 3. The average molecular weight is 482 g/mol. The van der Waals surface area contributed by atoms with Crippen LogP contribution in [0.4, 0.5) is 0 Å². The summed E-state index contributed by atoms with van der Waals surface area (Å²) >= 11 is 0. The normalized spacial score (nSPS) is 18.8. The number of aromatic nitrogens is 2. The van der Waals surface area contributed by atoms with E-state index in [4.69, 9.17) is 0 Å². The molecule has 5 rings (SSSR count). The number of carbonyl (C=O) groups excluding carboxylic acids is 1. The Labute approximate surface area is 216 Å². The van der Waals surface area contributed by atoms with Gasteiger partial charge in [0.15, 0.2) is 0 Å². The van der Waals surface area contributed by atoms with Crippen LogP contribution in [0.1, 0.15) is 98.0 Å². The molecule has 36 heavy (non-hydrogen) atoms. The van der Waals surface area contributed by atoms with Crippen molar-refractivity contribution in [1.82, 2.24) is 14.7 Å². The Balaban J connectivity index is 1.45. The Bertz CT molecular complexity index is 1240. The molecule has 188 valence electrons. The van der Waals surface area contributed by atoms with E-state index in [-0.39, 0.29) is 16.7 Å². The van der Waals surface area contributed by atoms with Crippen LogP contribution >= 0.6 is 0 Å². The highest BCUT2D eigenvalue weighted by Gasteiger charge is 2.37. The summed E-state index contributed by atoms with van der Waals surface area (Å²) in [5, 5.41) is 4.47. The minimum absolute atomic E-state index is 0.159. The number of hydrogen-bond acceptors (Lipinski definition) is 2. The van der Waals surface area contributed by atoms with Gasteiger partial charge < -0.3 is 4.90 Å². The molecule has 0 radical (unpaired) electrons. The molecule has 0 atom stereocenters. The molecule has 3 aromatic rings. The van der Waals surface area contributed by atoms with Gasteiger partial charge in [0.25, 0.3) is 5.91 Å². The third-order valence-corrected chi connectivity index (χ3v) is 8.26. The Kier molecular flexibility index (Phi) is 6.63. The van der Waals surface area contributed by atoms with E-state index < -0.39 is 0 Å². The minimum atomic E-state index is 0.159. The maximum atomic E-state index is 12.8. The third kappa shape index (κ3) is 5.04. The number of amides is 1. The highest BCUT2D eigenvalue weighted by molar-refractivity contribution is 5.94. The van der Waals surface area contributed by atoms with Crippen LogP contribution < -0.4 is 0 Å². The number of carbonyl (C=O) groups is 1. The molecule has 0 unspecified atom stereocenters. The number of likely N-dealkylation sites (tertiary alicyclic amines) is 1. The number of hydrogen-bond donors (Lipinski definition) is 0. The largest absolute Gasteiger partial charge is 0.339 e. The molecule has 0 saturated carbocycles. The Morgan fingerprint density at radius 1 is 0.917 bits per heavy atom. The van der Waals surface area contributed by atoms with E-state index in [1.165, 1.54) is 41.5 Å². The number of piperidine rings is 1. The highest BCUT2D eigenvalue weighted by atomic mass is 16.2. The van der Waals surface area contributed by atoms with Crippen molar-refractivity contribution in [1.29, 1.82) is 0 Å². The first kappa shape index (κ1) is 24.5. The molecule has 0 bridgehead atoms. The molecule has 4 nitrogen and oxygen atoms in total. The Hall–Kier alpha value is -3.14. The second kappa shape index (κ2) is 9.72. The lowest BCUT2D eigenvalue weighted by molar-refractivity contribution is 0.0724. The first-order valence-corrected chi connectivity index (χ1v) is 13.5. The van der Waals surface area contributed by atoms with Crippen molar-refractivity contribution in [2.24, 2.45) is 0 Å². The lowest BCUT2D eigenvalue weighted by atomic mass is 9.62. The van der Waals surface area contributed by atoms with Gasteiger partial charge in [-0.05, 0) is 89.0 Å². The van der Waals surface area contributed by atoms with Gasteiger partial charge in [0.05, 0.1) is 6.54 Å². The van der Waals surface area contributed by atoms with Gasteiger partial charge in [-0.15, -0.1) is 0 Å². The first-order valence-electron chi connectivity index (χ1n) is 13.5. The zero-order chi connectivity index (χ0) is 25.3. The van der Waals surface area contributed by atoms with Crippen LogP contribution in [0.3, 0.4) is 0 Å². The molecule has 2 aromatic carbocycles. The molecule has 1 fully saturated rings. The summed E-state index contributed by atoms with van der Waals surface area (Å²) in [5.74, 6) is 0.159. The monoisotopic (exact) mass is 481 g/mol. The molecule has 4 heteroatoms. The van der Waals surface area contributed by atoms with E-state index >= 15 is 0 Å². The van der Waals surface area contributed by atoms with Gasteiger partial charge in [-0.2, -0.15) is 5.10 Å². The van der Waals surface area contributed by atoms with Crippen molar-refractivity contribution in [2.75, 3.05) is 13.1 Å². The highest BCUT2D eigenvalue weighted by Crippen LogP contribution is 2.46. The smallest absolute Gasteiger partial charge is 0.253 e. The molecular weight excluding hydrogens is 442 g/mol. The summed E-state index contributed by atoms with van der Waals surface area (Å²) in [5.41, 5.74) is 7.68. The van der Waals surface area contributed by atoms with Crippen LogP contribution in [0.25, 0.3) is 12.2 Å². The summed E-state index contributed by atoms with van der Waals surface area (Å²) in [7, 11) is 0. The quantitative estimate of drug-likeness (QED) is 0.365. The molecule has 2 aliphatic rings. The fourth-order valence-electron chi connectivity index (χ4n) is 5.74. The van der Waals surface area contributed by atoms with Gasteiger partial charge in [0.2, 0.25) is 0 Å². The molecule has 1 aromatic heterocycles. The molecule has 1 aliphatic carbocycles. The molecule has 1 amide bonds. The number of fused-ring (bicyclic) bond motifs is 1. The van der Waals surface area contributed by atoms with Crippen molar-refractivity contribution in [2.45, 2.75) is 77.2 Å². The van der Waals surface area contributed by atoms with Crippen molar-refractivity contribution in [3.8, 4) is 0 Å². The van der Waals surface area contributed by atoms with Crippen LogP contribution in [-0.2, 0) is 17.4 Å². The first-order chi connectivity index (χ1) is 17.2. The van der Waals surface area contributed by atoms with E-state index in [9.17, 15) is 4.79 Å². The fourth-order valence-corrected chi connectivity index (χ4v) is 5.74. The van der Waals surface area contributed by atoms with Crippen LogP contribution in [-0.4, -0.2) is 33.7 Å². The maximum absolute atomic E-state index is 12.8. The lowest BCUT2D eigenvalue weighted by Gasteiger charge is -2.42. The van der Waals surface area contributed by atoms with Crippen LogP contribution in [0.15, 0.2) is 54.9 Å². The van der Waals surface area contributed by atoms with Gasteiger partial charge in [-0.1, -0.05) is 64.1 Å². The molecular formula is C32H39N3O. The van der Waals surface area contributed by atoms with E-state index in [2.05, 4.69) is 69.2 Å². The maximum Gasteiger partial charge on any atom is 0.253 e. The zero-order valence-electron chi connectivity index (χ0n) is 22.3. The summed E-state index contributed by atoms with van der Waals surface area (Å²) in [4.78, 5) is 14.8. The zero-order valence-corrected chi connectivity index (χ0v) is 22.3. The molecule has 0 spiro atoms. The van der Waals surface area contributed by atoms with Gasteiger partial charge in [-0.3, -0.25) is 9.48 Å². The summed E-state index contributed by atoms with van der Waals surface area (Å²) in [6, 6.07) is 14.9. The summed E-state index contributed by atoms with van der Waals surface area (Å²) in [6.45, 7) is 12.0. The molecule has 1 saturated heterocycles. The lowest BCUT2D eigenvalue weighted by Crippen LogP contribution is -2.35. The number of rotatable bonds is 5. The minimum Gasteiger partial charge on any atom is -0.339 e. The second-order valence-electron chi connectivity index (χ2n) is 11.9. The van der Waals surface area contributed by atoms with E-state index in [1.807, 2.05) is 40.2 Å². The standard InChI is InChI=1S/C32H39N3O/c1-31(2)15-16-32(3,4)29-22-27(23-35-20-8-17-33-35)26(21-28(29)31)14-11-24-9-12-25(13-10-24)30(36)34-18-6-5-7-19-34/h8-14,17,20-22H,5-7,15-16,18-19,23H2,1-4H3/b14-11+. The summed E-state index contributed by atoms with van der Waals surface area (Å²) in [6.07, 6.45) is 14.1. The predicted molar refractivity (Wildman–Crippen MR) is 148 cm³/mol. The van der Waals surface area contributed by atoms with Crippen molar-refractivity contribution < 1.29 is 4.79 Å². The van der Waals surface area contributed by atoms with Crippen molar-refractivity contribution >= 4 is 18.1 Å². The molecule has 1 aliphatic heterocycles. The van der Waals surface area contributed by atoms with Crippen LogP contribution in [0.2, 0.25) is 0 Å². The van der Waals surface area contributed by atoms with Crippen LogP contribution in [0.5, 0.6) is 0 Å². The number of benzene rings is 2. The van der Waals surface area contributed by atoms with Gasteiger partial charge >= 0.3 is 0 Å². The van der Waals surface area contributed by atoms with Crippen molar-refractivity contribution in [3.63, 3.8) is 0 Å². The van der Waals surface area contributed by atoms with Crippen LogP contribution in [0, 0.1) is 0 Å². The average Bonchev–Trinajstić information content (AvgIpc) is 3.39. The van der Waals surface area contributed by atoms with E-state index in [0.29, 0.717) is 0 Å². The van der Waals surface area contributed by atoms with Gasteiger partial charge in [0, 0.05) is 31.0 Å². The molecule has 2 heterocycles. The van der Waals surface area contributed by atoms with E-state index in [1.54, 1.807) is 0 Å². The molecule has 0 N–H and O–H groups in total. The SMILES string of the molecule is CC1(C)CCC(C)(C)c2cc(Cn3cccn3)c(/C=C/c3ccc(C(=O)N4CCCCC4)cc3)cc21. The predicted octanol–water partition coefficient (Wildman–Crippen LogP) is 7.08. The Morgan fingerprint density at radius 2 is 1.58 bits per heavy atom. The van der Waals surface area contributed by atoms with Gasteiger partial charge in [-0.25, -0.2) is 0 Å².